The van der Waals surface area contributed by atoms with Crippen molar-refractivity contribution in [3.05, 3.63) is 58.6 Å². The molecule has 1 amide bonds. The molecule has 0 atom stereocenters. The van der Waals surface area contributed by atoms with E-state index in [4.69, 9.17) is 9.15 Å². The first-order valence-electron chi connectivity index (χ1n) is 8.29. The molecule has 1 aromatic heterocycles. The third-order valence-corrected chi connectivity index (χ3v) is 4.33. The molecule has 0 saturated carbocycles. The van der Waals surface area contributed by atoms with E-state index in [2.05, 4.69) is 15.5 Å². The Hall–Kier alpha value is -3.40. The van der Waals surface area contributed by atoms with E-state index in [9.17, 15) is 14.9 Å². The van der Waals surface area contributed by atoms with Gasteiger partial charge >= 0.3 is 0 Å². The molecule has 3 rings (SSSR count). The number of nitro groups is 1. The molecule has 1 heterocycles. The van der Waals surface area contributed by atoms with Gasteiger partial charge in [0, 0.05) is 23.4 Å². The molecule has 9 nitrogen and oxygen atoms in total. The van der Waals surface area contributed by atoms with Crippen molar-refractivity contribution in [2.75, 3.05) is 17.7 Å². The van der Waals surface area contributed by atoms with Crippen molar-refractivity contribution in [2.45, 2.75) is 12.1 Å². The summed E-state index contributed by atoms with van der Waals surface area (Å²) in [4.78, 5) is 22.3. The van der Waals surface area contributed by atoms with Gasteiger partial charge in [0.15, 0.2) is 0 Å². The summed E-state index contributed by atoms with van der Waals surface area (Å²) in [5.41, 5.74) is 1.19. The second kappa shape index (κ2) is 9.00. The number of carbonyl (C=O) groups is 1. The molecular weight excluding hydrogens is 384 g/mol. The molecule has 0 aliphatic heterocycles. The molecular formula is C18H16N4O5S. The molecule has 0 radical (unpaired) electrons. The van der Waals surface area contributed by atoms with E-state index in [-0.39, 0.29) is 28.5 Å². The van der Waals surface area contributed by atoms with Gasteiger partial charge in [-0.2, -0.15) is 0 Å². The number of benzene rings is 2. The number of anilines is 1. The molecule has 10 heteroatoms. The summed E-state index contributed by atoms with van der Waals surface area (Å²) in [7, 11) is 0. The lowest BCUT2D eigenvalue weighted by Crippen LogP contribution is -2.13. The third kappa shape index (κ3) is 5.07. The fourth-order valence-corrected chi connectivity index (χ4v) is 2.80. The van der Waals surface area contributed by atoms with E-state index in [1.165, 1.54) is 24.3 Å². The van der Waals surface area contributed by atoms with E-state index in [1.54, 1.807) is 24.3 Å². The number of thioether (sulfide) groups is 1. The average Bonchev–Trinajstić information content (AvgIpc) is 3.17. The Morgan fingerprint density at radius 2 is 1.89 bits per heavy atom. The smallest absolute Gasteiger partial charge is 0.277 e. The lowest BCUT2D eigenvalue weighted by molar-refractivity contribution is -0.384. The fraction of sp³-hybridized carbons (Fsp3) is 0.167. The largest absolute Gasteiger partial charge is 0.494 e. The Bertz CT molecular complexity index is 957. The summed E-state index contributed by atoms with van der Waals surface area (Å²) in [5, 5.41) is 21.5. The second-order valence-corrected chi connectivity index (χ2v) is 6.40. The molecule has 0 fully saturated rings. The predicted molar refractivity (Wildman–Crippen MR) is 103 cm³/mol. The van der Waals surface area contributed by atoms with Gasteiger partial charge in [-0.1, -0.05) is 11.8 Å². The Labute approximate surface area is 164 Å². The standard InChI is InChI=1S/C18H16N4O5S/c1-2-26-15-9-5-13(6-10-15)19-16(23)11-28-18-21-20-17(27-18)12-3-7-14(8-4-12)22(24)25/h3-10H,2,11H2,1H3,(H,19,23). The first kappa shape index (κ1) is 19.4. The van der Waals surface area contributed by atoms with Crippen LogP contribution in [0, 0.1) is 10.1 Å². The van der Waals surface area contributed by atoms with E-state index >= 15 is 0 Å². The van der Waals surface area contributed by atoms with Gasteiger partial charge in [0.2, 0.25) is 11.8 Å². The van der Waals surface area contributed by atoms with Gasteiger partial charge in [-0.3, -0.25) is 14.9 Å². The molecule has 2 aromatic carbocycles. The van der Waals surface area contributed by atoms with Crippen LogP contribution in [0.3, 0.4) is 0 Å². The van der Waals surface area contributed by atoms with Gasteiger partial charge in [-0.25, -0.2) is 0 Å². The summed E-state index contributed by atoms with van der Waals surface area (Å²) in [6.07, 6.45) is 0. The zero-order valence-electron chi connectivity index (χ0n) is 14.8. The summed E-state index contributed by atoms with van der Waals surface area (Å²) in [6, 6.07) is 12.8. The number of aromatic nitrogens is 2. The van der Waals surface area contributed by atoms with Crippen molar-refractivity contribution in [1.29, 1.82) is 0 Å². The van der Waals surface area contributed by atoms with Gasteiger partial charge in [-0.05, 0) is 43.3 Å². The average molecular weight is 400 g/mol. The minimum Gasteiger partial charge on any atom is -0.494 e. The highest BCUT2D eigenvalue weighted by Crippen LogP contribution is 2.25. The normalized spacial score (nSPS) is 10.5. The number of hydrogen-bond acceptors (Lipinski definition) is 8. The molecule has 0 unspecified atom stereocenters. The number of hydrogen-bond donors (Lipinski definition) is 1. The van der Waals surface area contributed by atoms with E-state index in [1.807, 2.05) is 6.92 Å². The summed E-state index contributed by atoms with van der Waals surface area (Å²) in [5.74, 6) is 0.836. The zero-order valence-corrected chi connectivity index (χ0v) is 15.6. The molecule has 0 aliphatic rings. The number of ether oxygens (including phenoxy) is 1. The summed E-state index contributed by atoms with van der Waals surface area (Å²) in [6.45, 7) is 2.48. The number of nitro benzene ring substituents is 1. The second-order valence-electron chi connectivity index (χ2n) is 5.47. The lowest BCUT2D eigenvalue weighted by atomic mass is 10.2. The maximum Gasteiger partial charge on any atom is 0.277 e. The van der Waals surface area contributed by atoms with Crippen LogP contribution in [0.15, 0.2) is 58.2 Å². The topological polar surface area (TPSA) is 120 Å². The number of amides is 1. The molecule has 1 N–H and O–H groups in total. The van der Waals surface area contributed by atoms with Crippen LogP contribution in [0.25, 0.3) is 11.5 Å². The first-order valence-corrected chi connectivity index (χ1v) is 9.27. The minimum atomic E-state index is -0.484. The number of non-ortho nitro benzene ring substituents is 1. The van der Waals surface area contributed by atoms with Crippen molar-refractivity contribution in [3.8, 4) is 17.2 Å². The predicted octanol–water partition coefficient (Wildman–Crippen LogP) is 3.77. The molecule has 28 heavy (non-hydrogen) atoms. The van der Waals surface area contributed by atoms with E-state index < -0.39 is 4.92 Å². The Kier molecular flexibility index (Phi) is 6.22. The highest BCUT2D eigenvalue weighted by molar-refractivity contribution is 7.99. The Morgan fingerprint density at radius 1 is 1.18 bits per heavy atom. The fourth-order valence-electron chi connectivity index (χ4n) is 2.24. The third-order valence-electron chi connectivity index (χ3n) is 3.51. The minimum absolute atomic E-state index is 0.0242. The molecule has 3 aromatic rings. The lowest BCUT2D eigenvalue weighted by Gasteiger charge is -2.06. The summed E-state index contributed by atoms with van der Waals surface area (Å²) >= 11 is 1.10. The number of nitrogens with one attached hydrogen (secondary N) is 1. The highest BCUT2D eigenvalue weighted by atomic mass is 32.2. The highest BCUT2D eigenvalue weighted by Gasteiger charge is 2.13. The Morgan fingerprint density at radius 3 is 2.54 bits per heavy atom. The maximum absolute atomic E-state index is 12.1. The molecule has 0 saturated heterocycles. The van der Waals surface area contributed by atoms with Crippen LogP contribution >= 0.6 is 11.8 Å². The summed E-state index contributed by atoms with van der Waals surface area (Å²) < 4.78 is 10.8. The Balaban J connectivity index is 1.53. The SMILES string of the molecule is CCOc1ccc(NC(=O)CSc2nnc(-c3ccc([N+](=O)[O-])cc3)o2)cc1. The molecule has 0 bridgehead atoms. The van der Waals surface area contributed by atoms with Crippen LogP contribution in [0.1, 0.15) is 6.92 Å². The number of nitrogens with zero attached hydrogens (tertiary/aromatic N) is 3. The van der Waals surface area contributed by atoms with Gasteiger partial charge in [-0.15, -0.1) is 10.2 Å². The van der Waals surface area contributed by atoms with E-state index in [0.29, 0.717) is 17.9 Å². The van der Waals surface area contributed by atoms with Crippen LogP contribution in [0.2, 0.25) is 0 Å². The number of rotatable bonds is 8. The maximum atomic E-state index is 12.1. The van der Waals surface area contributed by atoms with Gasteiger partial charge < -0.3 is 14.5 Å². The van der Waals surface area contributed by atoms with Gasteiger partial charge in [0.25, 0.3) is 10.9 Å². The quantitative estimate of drug-likeness (QED) is 0.345. The zero-order chi connectivity index (χ0) is 19.9. The molecule has 0 spiro atoms. The molecule has 0 aliphatic carbocycles. The van der Waals surface area contributed by atoms with E-state index in [0.717, 1.165) is 17.5 Å². The van der Waals surface area contributed by atoms with Crippen LogP contribution < -0.4 is 10.1 Å². The van der Waals surface area contributed by atoms with Crippen LogP contribution in [0.4, 0.5) is 11.4 Å². The van der Waals surface area contributed by atoms with Crippen molar-refractivity contribution in [1.82, 2.24) is 10.2 Å². The van der Waals surface area contributed by atoms with Crippen LogP contribution in [0.5, 0.6) is 5.75 Å². The van der Waals surface area contributed by atoms with Crippen LogP contribution in [-0.4, -0.2) is 33.4 Å². The van der Waals surface area contributed by atoms with Gasteiger partial charge in [0.05, 0.1) is 17.3 Å². The molecule has 144 valence electrons. The number of carbonyl (C=O) groups excluding carboxylic acids is 1. The van der Waals surface area contributed by atoms with Crippen molar-refractivity contribution in [3.63, 3.8) is 0 Å². The van der Waals surface area contributed by atoms with Crippen LogP contribution in [-0.2, 0) is 4.79 Å². The van der Waals surface area contributed by atoms with Gasteiger partial charge in [0.1, 0.15) is 5.75 Å². The van der Waals surface area contributed by atoms with Crippen molar-refractivity contribution >= 4 is 29.0 Å². The van der Waals surface area contributed by atoms with Crippen molar-refractivity contribution < 1.29 is 18.9 Å². The first-order chi connectivity index (χ1) is 13.5. The van der Waals surface area contributed by atoms with Crippen molar-refractivity contribution in [2.24, 2.45) is 0 Å². The monoisotopic (exact) mass is 400 g/mol.